The molecule has 54 valence electrons. The minimum Gasteiger partial charge on any atom is -0.166 e. The van der Waals surface area contributed by atoms with Crippen LogP contribution in [0.4, 0.5) is 13.2 Å². The number of rotatable bonds is 0. The van der Waals surface area contributed by atoms with Crippen molar-refractivity contribution >= 4 is 0 Å². The molecule has 0 atom stereocenters. The molecule has 3 heteroatoms. The zero-order valence-electron chi connectivity index (χ0n) is 5.07. The van der Waals surface area contributed by atoms with Crippen molar-refractivity contribution in [2.24, 2.45) is 0 Å². The first kappa shape index (κ1) is 7.12. The van der Waals surface area contributed by atoms with Crippen LogP contribution in [0.15, 0.2) is 36.0 Å². The van der Waals surface area contributed by atoms with Gasteiger partial charge in [0.1, 0.15) is 0 Å². The number of allylic oxidation sites excluding steroid dienone is 5. The van der Waals surface area contributed by atoms with Gasteiger partial charge in [-0.1, -0.05) is 18.7 Å². The van der Waals surface area contributed by atoms with E-state index < -0.39 is 11.7 Å². The molecule has 0 nitrogen and oxygen atoms in total. The Labute approximate surface area is 56.4 Å². The Morgan fingerprint density at radius 3 is 2.10 bits per heavy atom. The van der Waals surface area contributed by atoms with E-state index >= 15 is 0 Å². The van der Waals surface area contributed by atoms with Crippen LogP contribution in [0.2, 0.25) is 0 Å². The molecule has 0 N–H and O–H groups in total. The van der Waals surface area contributed by atoms with E-state index in [-0.39, 0.29) is 5.57 Å². The summed E-state index contributed by atoms with van der Waals surface area (Å²) in [5.74, 6) is 0. The molecule has 10 heavy (non-hydrogen) atoms. The predicted octanol–water partition coefficient (Wildman–Crippen LogP) is 2.60. The lowest BCUT2D eigenvalue weighted by Crippen LogP contribution is -2.10. The molecule has 1 aliphatic rings. The summed E-state index contributed by atoms with van der Waals surface area (Å²) in [6, 6.07) is 0. The highest BCUT2D eigenvalue weighted by atomic mass is 19.4. The first-order chi connectivity index (χ1) is 4.52. The van der Waals surface area contributed by atoms with Crippen LogP contribution < -0.4 is 0 Å². The highest BCUT2D eigenvalue weighted by Gasteiger charge is 2.35. The lowest BCUT2D eigenvalue weighted by molar-refractivity contribution is -0.0887. The zero-order valence-corrected chi connectivity index (χ0v) is 5.07. The Kier molecular flexibility index (Phi) is 1.43. The predicted molar refractivity (Wildman–Crippen MR) is 32.4 cm³/mol. The first-order valence-corrected chi connectivity index (χ1v) is 2.66. The van der Waals surface area contributed by atoms with Crippen LogP contribution in [0.3, 0.4) is 0 Å². The van der Waals surface area contributed by atoms with E-state index in [1.807, 2.05) is 0 Å². The van der Waals surface area contributed by atoms with Gasteiger partial charge in [0, 0.05) is 0 Å². The van der Waals surface area contributed by atoms with Gasteiger partial charge in [-0.2, -0.15) is 13.2 Å². The molecule has 0 radical (unpaired) electrons. The standard InChI is InChI=1S/C7H5F3/c1-5-3-2-4-6(5)7(8,9)10/h2-4H,1H2. The minimum atomic E-state index is -4.25. The second kappa shape index (κ2) is 2.01. The van der Waals surface area contributed by atoms with Crippen molar-refractivity contribution in [3.63, 3.8) is 0 Å². The number of hydrogen-bond donors (Lipinski definition) is 0. The van der Waals surface area contributed by atoms with Gasteiger partial charge in [0.15, 0.2) is 0 Å². The largest absolute Gasteiger partial charge is 0.416 e. The van der Waals surface area contributed by atoms with Gasteiger partial charge in [-0.3, -0.25) is 0 Å². The van der Waals surface area contributed by atoms with Crippen LogP contribution in [0, 0.1) is 0 Å². The van der Waals surface area contributed by atoms with Crippen LogP contribution in [0.25, 0.3) is 0 Å². The molecule has 0 bridgehead atoms. The van der Waals surface area contributed by atoms with E-state index in [0.717, 1.165) is 6.08 Å². The Morgan fingerprint density at radius 2 is 1.90 bits per heavy atom. The van der Waals surface area contributed by atoms with Crippen LogP contribution >= 0.6 is 0 Å². The van der Waals surface area contributed by atoms with Crippen molar-refractivity contribution in [2.75, 3.05) is 0 Å². The topological polar surface area (TPSA) is 0 Å². The fourth-order valence-corrected chi connectivity index (χ4v) is 0.734. The van der Waals surface area contributed by atoms with E-state index in [1.165, 1.54) is 12.2 Å². The fourth-order valence-electron chi connectivity index (χ4n) is 0.734. The minimum absolute atomic E-state index is 0.0347. The van der Waals surface area contributed by atoms with Crippen LogP contribution in [0.5, 0.6) is 0 Å². The lowest BCUT2D eigenvalue weighted by Gasteiger charge is -2.07. The van der Waals surface area contributed by atoms with Crippen molar-refractivity contribution in [1.29, 1.82) is 0 Å². The summed E-state index contributed by atoms with van der Waals surface area (Å²) in [6.45, 7) is 3.23. The zero-order chi connectivity index (χ0) is 7.78. The second-order valence-corrected chi connectivity index (χ2v) is 1.96. The summed E-state index contributed by atoms with van der Waals surface area (Å²) in [7, 11) is 0. The average Bonchev–Trinajstić information content (AvgIpc) is 2.11. The molecule has 0 saturated carbocycles. The third-order valence-electron chi connectivity index (χ3n) is 1.21. The molecule has 0 amide bonds. The maximum absolute atomic E-state index is 11.8. The molecule has 0 aliphatic heterocycles. The van der Waals surface area contributed by atoms with E-state index in [1.54, 1.807) is 0 Å². The third-order valence-corrected chi connectivity index (χ3v) is 1.21. The van der Waals surface area contributed by atoms with Crippen molar-refractivity contribution in [2.45, 2.75) is 6.18 Å². The normalized spacial score (nSPS) is 17.9. The van der Waals surface area contributed by atoms with E-state index in [9.17, 15) is 13.2 Å². The summed E-state index contributed by atoms with van der Waals surface area (Å²) in [6.07, 6.45) is -0.559. The van der Waals surface area contributed by atoms with Gasteiger partial charge in [-0.25, -0.2) is 0 Å². The molecule has 0 unspecified atom stereocenters. The van der Waals surface area contributed by atoms with Crippen LogP contribution in [0.1, 0.15) is 0 Å². The maximum Gasteiger partial charge on any atom is 0.416 e. The smallest absolute Gasteiger partial charge is 0.166 e. The Hall–Kier alpha value is -0.990. The molecule has 1 aliphatic carbocycles. The molecule has 1 rings (SSSR count). The molecule has 0 spiro atoms. The first-order valence-electron chi connectivity index (χ1n) is 2.66. The quantitative estimate of drug-likeness (QED) is 0.492. The average molecular weight is 146 g/mol. The van der Waals surface area contributed by atoms with Crippen molar-refractivity contribution in [3.05, 3.63) is 36.0 Å². The van der Waals surface area contributed by atoms with Gasteiger partial charge >= 0.3 is 6.18 Å². The Morgan fingerprint density at radius 1 is 1.30 bits per heavy atom. The summed E-state index contributed by atoms with van der Waals surface area (Å²) < 4.78 is 35.5. The highest BCUT2D eigenvalue weighted by molar-refractivity contribution is 5.48. The highest BCUT2D eigenvalue weighted by Crippen LogP contribution is 2.33. The second-order valence-electron chi connectivity index (χ2n) is 1.96. The van der Waals surface area contributed by atoms with Crippen molar-refractivity contribution in [3.8, 4) is 0 Å². The molecule has 0 heterocycles. The van der Waals surface area contributed by atoms with Gasteiger partial charge in [-0.15, -0.1) is 0 Å². The molecule has 0 saturated heterocycles. The van der Waals surface area contributed by atoms with Gasteiger partial charge in [0.05, 0.1) is 5.57 Å². The van der Waals surface area contributed by atoms with Crippen LogP contribution in [-0.4, -0.2) is 6.18 Å². The molecule has 0 aromatic carbocycles. The fraction of sp³-hybridized carbons (Fsp3) is 0.143. The van der Waals surface area contributed by atoms with Gasteiger partial charge in [0.2, 0.25) is 0 Å². The Bertz CT molecular complexity index is 217. The molecular weight excluding hydrogens is 141 g/mol. The van der Waals surface area contributed by atoms with Crippen molar-refractivity contribution in [1.82, 2.24) is 0 Å². The maximum atomic E-state index is 11.8. The van der Waals surface area contributed by atoms with Gasteiger partial charge < -0.3 is 0 Å². The summed E-state index contributed by atoms with van der Waals surface area (Å²) in [5, 5.41) is 0. The number of halogens is 3. The van der Waals surface area contributed by atoms with Crippen LogP contribution in [-0.2, 0) is 0 Å². The van der Waals surface area contributed by atoms with Gasteiger partial charge in [0.25, 0.3) is 0 Å². The lowest BCUT2D eigenvalue weighted by atomic mass is 10.1. The monoisotopic (exact) mass is 146 g/mol. The number of alkyl halides is 3. The Balaban J connectivity index is 2.88. The van der Waals surface area contributed by atoms with E-state index in [2.05, 4.69) is 6.58 Å². The molecule has 0 aromatic heterocycles. The molecular formula is C7H5F3. The summed E-state index contributed by atoms with van der Waals surface area (Å²) >= 11 is 0. The summed E-state index contributed by atoms with van der Waals surface area (Å²) in [4.78, 5) is 0. The molecule has 0 fully saturated rings. The third kappa shape index (κ3) is 1.12. The SMILES string of the molecule is C=C1C=CC=C1C(F)(F)F. The van der Waals surface area contributed by atoms with Gasteiger partial charge in [-0.05, 0) is 11.6 Å². The van der Waals surface area contributed by atoms with E-state index in [0.29, 0.717) is 0 Å². The van der Waals surface area contributed by atoms with E-state index in [4.69, 9.17) is 0 Å². The summed E-state index contributed by atoms with van der Waals surface area (Å²) in [5.41, 5.74) is -0.611. The molecule has 0 aromatic rings. The van der Waals surface area contributed by atoms with Crippen molar-refractivity contribution < 1.29 is 13.2 Å². The number of hydrogen-bond acceptors (Lipinski definition) is 0.